The molecule has 0 aliphatic carbocycles. The maximum absolute atomic E-state index is 12.4. The number of nitrogens with one attached hydrogen (secondary N) is 2. The molecule has 6 heteroatoms. The molecule has 138 valence electrons. The summed E-state index contributed by atoms with van der Waals surface area (Å²) in [6.45, 7) is 2.11. The Bertz CT molecular complexity index is 593. The normalized spacial score (nSPS) is 24.3. The van der Waals surface area contributed by atoms with Gasteiger partial charge < -0.3 is 15.5 Å². The zero-order valence-corrected chi connectivity index (χ0v) is 15.8. The minimum Gasteiger partial charge on any atom is -0.336 e. The molecule has 0 aromatic heterocycles. The SMILES string of the molecule is Cc1ccc(NC(=O)CN(C)C(=O)CC2CC3CCC(C2)N3)cc1.Cl. The Morgan fingerprint density at radius 3 is 2.36 bits per heavy atom. The maximum Gasteiger partial charge on any atom is 0.243 e. The average molecular weight is 366 g/mol. The van der Waals surface area contributed by atoms with Crippen LogP contribution in [0.4, 0.5) is 5.69 Å². The summed E-state index contributed by atoms with van der Waals surface area (Å²) in [5.41, 5.74) is 1.91. The fourth-order valence-corrected chi connectivity index (χ4v) is 3.89. The van der Waals surface area contributed by atoms with Gasteiger partial charge >= 0.3 is 0 Å². The number of carbonyl (C=O) groups is 2. The standard InChI is InChI=1S/C19H27N3O2.ClH/c1-13-3-5-15(6-4-13)21-18(23)12-22(2)19(24)11-14-9-16-7-8-17(10-14)20-16;/h3-6,14,16-17,20H,7-12H2,1-2H3,(H,21,23);1H. The first-order valence-electron chi connectivity index (χ1n) is 8.86. The van der Waals surface area contributed by atoms with Crippen LogP contribution in [-0.2, 0) is 9.59 Å². The van der Waals surface area contributed by atoms with Gasteiger partial charge in [-0.05, 0) is 50.7 Å². The Morgan fingerprint density at radius 2 is 1.76 bits per heavy atom. The van der Waals surface area contributed by atoms with Gasteiger partial charge in [0.2, 0.25) is 11.8 Å². The lowest BCUT2D eigenvalue weighted by atomic mass is 9.89. The van der Waals surface area contributed by atoms with Crippen molar-refractivity contribution in [2.45, 2.75) is 51.1 Å². The summed E-state index contributed by atoms with van der Waals surface area (Å²) in [5.74, 6) is 0.374. The third-order valence-electron chi connectivity index (χ3n) is 5.18. The molecule has 1 aromatic carbocycles. The van der Waals surface area contributed by atoms with Gasteiger partial charge in [0.15, 0.2) is 0 Å². The number of nitrogens with zero attached hydrogens (tertiary/aromatic N) is 1. The van der Waals surface area contributed by atoms with E-state index in [1.54, 1.807) is 11.9 Å². The van der Waals surface area contributed by atoms with E-state index in [1.807, 2.05) is 31.2 Å². The predicted octanol–water partition coefficient (Wildman–Crippen LogP) is 2.73. The van der Waals surface area contributed by atoms with Crippen LogP contribution in [0.1, 0.15) is 37.7 Å². The van der Waals surface area contributed by atoms with E-state index in [1.165, 1.54) is 12.8 Å². The molecule has 2 saturated heterocycles. The molecule has 2 N–H and O–H groups in total. The molecule has 2 unspecified atom stereocenters. The Labute approximate surface area is 155 Å². The molecule has 5 nitrogen and oxygen atoms in total. The monoisotopic (exact) mass is 365 g/mol. The van der Waals surface area contributed by atoms with Gasteiger partial charge in [0.05, 0.1) is 6.54 Å². The molecule has 0 saturated carbocycles. The van der Waals surface area contributed by atoms with Crippen molar-refractivity contribution in [1.29, 1.82) is 0 Å². The summed E-state index contributed by atoms with van der Waals surface area (Å²) in [6.07, 6.45) is 5.22. The minimum atomic E-state index is -0.153. The highest BCUT2D eigenvalue weighted by molar-refractivity contribution is 5.94. The van der Waals surface area contributed by atoms with E-state index in [2.05, 4.69) is 10.6 Å². The number of halogens is 1. The number of benzene rings is 1. The number of aryl methyl sites for hydroxylation is 1. The molecule has 2 heterocycles. The Morgan fingerprint density at radius 1 is 1.16 bits per heavy atom. The molecule has 2 amide bonds. The van der Waals surface area contributed by atoms with Gasteiger partial charge in [-0.1, -0.05) is 17.7 Å². The van der Waals surface area contributed by atoms with Crippen molar-refractivity contribution in [3.05, 3.63) is 29.8 Å². The predicted molar refractivity (Wildman–Crippen MR) is 102 cm³/mol. The Balaban J connectivity index is 0.00000225. The maximum atomic E-state index is 12.4. The molecule has 2 atom stereocenters. The largest absolute Gasteiger partial charge is 0.336 e. The number of anilines is 1. The molecule has 25 heavy (non-hydrogen) atoms. The van der Waals surface area contributed by atoms with Crippen molar-refractivity contribution in [2.75, 3.05) is 18.9 Å². The number of carbonyl (C=O) groups excluding carboxylic acids is 2. The van der Waals surface area contributed by atoms with Crippen LogP contribution >= 0.6 is 12.4 Å². The molecule has 2 bridgehead atoms. The lowest BCUT2D eigenvalue weighted by Gasteiger charge is -2.29. The average Bonchev–Trinajstić information content (AvgIpc) is 2.88. The molecule has 0 spiro atoms. The quantitative estimate of drug-likeness (QED) is 0.843. The molecular weight excluding hydrogens is 338 g/mol. The topological polar surface area (TPSA) is 61.4 Å². The van der Waals surface area contributed by atoms with Crippen LogP contribution < -0.4 is 10.6 Å². The highest BCUT2D eigenvalue weighted by Crippen LogP contribution is 2.32. The summed E-state index contributed by atoms with van der Waals surface area (Å²) in [6, 6.07) is 8.85. The van der Waals surface area contributed by atoms with Gasteiger partial charge in [-0.3, -0.25) is 9.59 Å². The van der Waals surface area contributed by atoms with E-state index < -0.39 is 0 Å². The summed E-state index contributed by atoms with van der Waals surface area (Å²) < 4.78 is 0. The summed E-state index contributed by atoms with van der Waals surface area (Å²) in [7, 11) is 1.72. The van der Waals surface area contributed by atoms with Gasteiger partial charge in [-0.2, -0.15) is 0 Å². The zero-order chi connectivity index (χ0) is 17.1. The minimum absolute atomic E-state index is 0. The molecule has 0 radical (unpaired) electrons. The van der Waals surface area contributed by atoms with Crippen molar-refractivity contribution >= 4 is 29.9 Å². The third kappa shape index (κ3) is 5.44. The number of likely N-dealkylation sites (N-methyl/N-ethyl adjacent to an activating group) is 1. The fraction of sp³-hybridized carbons (Fsp3) is 0.579. The number of hydrogen-bond donors (Lipinski definition) is 2. The van der Waals surface area contributed by atoms with E-state index in [0.717, 1.165) is 24.1 Å². The van der Waals surface area contributed by atoms with Crippen LogP contribution in [0.3, 0.4) is 0 Å². The van der Waals surface area contributed by atoms with Gasteiger partial charge in [-0.15, -0.1) is 12.4 Å². The smallest absolute Gasteiger partial charge is 0.243 e. The second-order valence-electron chi connectivity index (χ2n) is 7.34. The van der Waals surface area contributed by atoms with Crippen molar-refractivity contribution in [2.24, 2.45) is 5.92 Å². The number of rotatable bonds is 5. The first kappa shape index (κ1) is 19.7. The highest BCUT2D eigenvalue weighted by Gasteiger charge is 2.34. The van der Waals surface area contributed by atoms with E-state index in [4.69, 9.17) is 0 Å². The van der Waals surface area contributed by atoms with Crippen LogP contribution in [0.15, 0.2) is 24.3 Å². The first-order valence-corrected chi connectivity index (χ1v) is 8.86. The van der Waals surface area contributed by atoms with E-state index in [0.29, 0.717) is 24.4 Å². The molecule has 2 aliphatic rings. The van der Waals surface area contributed by atoms with Gasteiger partial charge in [0.25, 0.3) is 0 Å². The Hall–Kier alpha value is -1.59. The molecule has 2 aliphatic heterocycles. The van der Waals surface area contributed by atoms with Gasteiger partial charge in [0, 0.05) is 31.2 Å². The number of fused-ring (bicyclic) bond motifs is 2. The van der Waals surface area contributed by atoms with Crippen LogP contribution in [-0.4, -0.2) is 42.4 Å². The number of amides is 2. The third-order valence-corrected chi connectivity index (χ3v) is 5.18. The van der Waals surface area contributed by atoms with Crippen molar-refractivity contribution in [1.82, 2.24) is 10.2 Å². The Kier molecular flexibility index (Phi) is 6.85. The second kappa shape index (κ2) is 8.68. The molecule has 3 rings (SSSR count). The second-order valence-corrected chi connectivity index (χ2v) is 7.34. The van der Waals surface area contributed by atoms with Crippen LogP contribution in [0, 0.1) is 12.8 Å². The lowest BCUT2D eigenvalue weighted by Crippen LogP contribution is -2.41. The molecular formula is C19H28ClN3O2. The van der Waals surface area contributed by atoms with Gasteiger partial charge in [-0.25, -0.2) is 0 Å². The fourth-order valence-electron chi connectivity index (χ4n) is 3.89. The van der Waals surface area contributed by atoms with Crippen LogP contribution in [0.25, 0.3) is 0 Å². The lowest BCUT2D eigenvalue weighted by molar-refractivity contribution is -0.134. The van der Waals surface area contributed by atoms with Crippen LogP contribution in [0.5, 0.6) is 0 Å². The summed E-state index contributed by atoms with van der Waals surface area (Å²) in [5, 5.41) is 6.44. The molecule has 1 aromatic rings. The first-order chi connectivity index (χ1) is 11.5. The van der Waals surface area contributed by atoms with Crippen molar-refractivity contribution < 1.29 is 9.59 Å². The van der Waals surface area contributed by atoms with Crippen LogP contribution in [0.2, 0.25) is 0 Å². The number of hydrogen-bond acceptors (Lipinski definition) is 3. The van der Waals surface area contributed by atoms with E-state index in [9.17, 15) is 9.59 Å². The molecule has 2 fully saturated rings. The summed E-state index contributed by atoms with van der Waals surface area (Å²) >= 11 is 0. The summed E-state index contributed by atoms with van der Waals surface area (Å²) in [4.78, 5) is 26.1. The van der Waals surface area contributed by atoms with E-state index >= 15 is 0 Å². The number of piperidine rings is 1. The van der Waals surface area contributed by atoms with E-state index in [-0.39, 0.29) is 30.8 Å². The van der Waals surface area contributed by atoms with Crippen molar-refractivity contribution in [3.63, 3.8) is 0 Å². The zero-order valence-electron chi connectivity index (χ0n) is 15.0. The van der Waals surface area contributed by atoms with Crippen molar-refractivity contribution in [3.8, 4) is 0 Å². The highest BCUT2D eigenvalue weighted by atomic mass is 35.5. The van der Waals surface area contributed by atoms with Gasteiger partial charge in [0.1, 0.15) is 0 Å².